The third-order valence-corrected chi connectivity index (χ3v) is 2.96. The fourth-order valence-electron chi connectivity index (χ4n) is 1.39. The number of aromatic nitrogens is 1. The zero-order chi connectivity index (χ0) is 12.3. The number of halogens is 1. The Morgan fingerprint density at radius 1 is 1.41 bits per heavy atom. The second kappa shape index (κ2) is 5.05. The molecule has 4 nitrogen and oxygen atoms in total. The molecule has 2 N–H and O–H groups in total. The zero-order valence-electron chi connectivity index (χ0n) is 9.16. The minimum Gasteiger partial charge on any atom is -0.497 e. The van der Waals surface area contributed by atoms with Gasteiger partial charge in [-0.2, -0.15) is 0 Å². The number of anilines is 1. The van der Waals surface area contributed by atoms with E-state index in [0.29, 0.717) is 17.1 Å². The van der Waals surface area contributed by atoms with Crippen molar-refractivity contribution in [1.29, 1.82) is 0 Å². The molecular formula is C12H11BrN2O2. The van der Waals surface area contributed by atoms with Gasteiger partial charge in [0.25, 0.3) is 5.91 Å². The van der Waals surface area contributed by atoms with Crippen molar-refractivity contribution < 1.29 is 9.53 Å². The van der Waals surface area contributed by atoms with Gasteiger partial charge in [-0.15, -0.1) is 0 Å². The van der Waals surface area contributed by atoms with Gasteiger partial charge in [0.1, 0.15) is 11.4 Å². The van der Waals surface area contributed by atoms with E-state index in [4.69, 9.17) is 4.74 Å². The van der Waals surface area contributed by atoms with Crippen molar-refractivity contribution in [3.8, 4) is 5.75 Å². The van der Waals surface area contributed by atoms with E-state index in [0.717, 1.165) is 4.47 Å². The van der Waals surface area contributed by atoms with E-state index in [1.807, 2.05) is 12.1 Å². The molecule has 1 aromatic heterocycles. The van der Waals surface area contributed by atoms with Gasteiger partial charge in [0.2, 0.25) is 0 Å². The van der Waals surface area contributed by atoms with E-state index in [1.54, 1.807) is 31.5 Å². The lowest BCUT2D eigenvalue weighted by Gasteiger charge is -2.08. The first-order valence-electron chi connectivity index (χ1n) is 4.99. The average Bonchev–Trinajstić information content (AvgIpc) is 2.85. The molecule has 0 aliphatic rings. The van der Waals surface area contributed by atoms with E-state index >= 15 is 0 Å². The lowest BCUT2D eigenvalue weighted by atomic mass is 10.3. The number of nitrogens with one attached hydrogen (secondary N) is 2. The van der Waals surface area contributed by atoms with Gasteiger partial charge in [0.15, 0.2) is 0 Å². The van der Waals surface area contributed by atoms with Gasteiger partial charge in [0, 0.05) is 16.7 Å². The van der Waals surface area contributed by atoms with Crippen LogP contribution in [0.1, 0.15) is 10.5 Å². The quantitative estimate of drug-likeness (QED) is 0.914. The molecule has 0 atom stereocenters. The van der Waals surface area contributed by atoms with Gasteiger partial charge in [-0.05, 0) is 40.2 Å². The molecule has 88 valence electrons. The maximum absolute atomic E-state index is 11.8. The fourth-order valence-corrected chi connectivity index (χ4v) is 1.73. The van der Waals surface area contributed by atoms with Crippen molar-refractivity contribution in [2.24, 2.45) is 0 Å². The molecule has 0 spiro atoms. The van der Waals surface area contributed by atoms with Gasteiger partial charge in [-0.1, -0.05) is 0 Å². The van der Waals surface area contributed by atoms with E-state index in [9.17, 15) is 4.79 Å². The van der Waals surface area contributed by atoms with Crippen molar-refractivity contribution in [2.45, 2.75) is 0 Å². The van der Waals surface area contributed by atoms with Crippen molar-refractivity contribution in [3.63, 3.8) is 0 Å². The first-order valence-corrected chi connectivity index (χ1v) is 5.78. The number of carbonyl (C=O) groups excluding carboxylic acids is 1. The molecular weight excluding hydrogens is 284 g/mol. The van der Waals surface area contributed by atoms with Crippen LogP contribution in [-0.2, 0) is 0 Å². The molecule has 2 aromatic rings. The van der Waals surface area contributed by atoms with Crippen LogP contribution in [0.5, 0.6) is 5.75 Å². The van der Waals surface area contributed by atoms with Gasteiger partial charge in [0.05, 0.1) is 12.8 Å². The van der Waals surface area contributed by atoms with Crippen molar-refractivity contribution >= 4 is 27.5 Å². The van der Waals surface area contributed by atoms with Crippen LogP contribution in [0.15, 0.2) is 41.0 Å². The van der Waals surface area contributed by atoms with Crippen molar-refractivity contribution in [2.75, 3.05) is 12.4 Å². The summed E-state index contributed by atoms with van der Waals surface area (Å²) in [6.45, 7) is 0. The number of benzene rings is 1. The highest BCUT2D eigenvalue weighted by atomic mass is 79.9. The van der Waals surface area contributed by atoms with Crippen LogP contribution in [-0.4, -0.2) is 18.0 Å². The largest absolute Gasteiger partial charge is 0.497 e. The summed E-state index contributed by atoms with van der Waals surface area (Å²) < 4.78 is 5.91. The predicted octanol–water partition coefficient (Wildman–Crippen LogP) is 3.04. The second-order valence-electron chi connectivity index (χ2n) is 3.38. The third kappa shape index (κ3) is 2.68. The number of amides is 1. The molecule has 17 heavy (non-hydrogen) atoms. The number of hydrogen-bond acceptors (Lipinski definition) is 2. The molecule has 0 saturated carbocycles. The lowest BCUT2D eigenvalue weighted by molar-refractivity contribution is 0.102. The molecule has 1 heterocycles. The Bertz CT molecular complexity index is 523. The van der Waals surface area contributed by atoms with Gasteiger partial charge in [-0.25, -0.2) is 0 Å². The molecule has 0 fully saturated rings. The van der Waals surface area contributed by atoms with Crippen molar-refractivity contribution in [3.05, 3.63) is 46.7 Å². The number of H-pyrrole nitrogens is 1. The van der Waals surface area contributed by atoms with E-state index in [1.165, 1.54) is 0 Å². The maximum atomic E-state index is 11.8. The predicted molar refractivity (Wildman–Crippen MR) is 69.4 cm³/mol. The van der Waals surface area contributed by atoms with Crippen molar-refractivity contribution in [1.82, 2.24) is 4.98 Å². The average molecular weight is 295 g/mol. The van der Waals surface area contributed by atoms with Crippen LogP contribution >= 0.6 is 15.9 Å². The Morgan fingerprint density at radius 3 is 2.88 bits per heavy atom. The maximum Gasteiger partial charge on any atom is 0.272 e. The topological polar surface area (TPSA) is 54.1 Å². The summed E-state index contributed by atoms with van der Waals surface area (Å²) in [5.74, 6) is 0.499. The minimum absolute atomic E-state index is 0.191. The van der Waals surface area contributed by atoms with E-state index in [2.05, 4.69) is 26.2 Å². The number of methoxy groups -OCH3 is 1. The number of rotatable bonds is 3. The molecule has 0 aliphatic carbocycles. The van der Waals surface area contributed by atoms with Crippen LogP contribution in [0.3, 0.4) is 0 Å². The highest BCUT2D eigenvalue weighted by Crippen LogP contribution is 2.27. The van der Waals surface area contributed by atoms with Crippen LogP contribution < -0.4 is 10.1 Å². The van der Waals surface area contributed by atoms with E-state index < -0.39 is 0 Å². The number of carbonyl (C=O) groups is 1. The summed E-state index contributed by atoms with van der Waals surface area (Å²) in [6.07, 6.45) is 1.70. The second-order valence-corrected chi connectivity index (χ2v) is 4.24. The Balaban J connectivity index is 2.21. The summed E-state index contributed by atoms with van der Waals surface area (Å²) in [6, 6.07) is 8.88. The Morgan fingerprint density at radius 2 is 2.24 bits per heavy atom. The number of hydrogen-bond donors (Lipinski definition) is 2. The highest BCUT2D eigenvalue weighted by Gasteiger charge is 2.09. The SMILES string of the molecule is COc1ccc(Br)c(NC(=O)c2ccc[nH]2)c1. The summed E-state index contributed by atoms with van der Waals surface area (Å²) in [7, 11) is 1.58. The molecule has 1 amide bonds. The Kier molecular flexibility index (Phi) is 3.49. The van der Waals surface area contributed by atoms with Crippen LogP contribution in [0, 0.1) is 0 Å². The summed E-state index contributed by atoms with van der Waals surface area (Å²) in [4.78, 5) is 14.7. The monoisotopic (exact) mass is 294 g/mol. The number of aromatic amines is 1. The van der Waals surface area contributed by atoms with Crippen LogP contribution in [0.25, 0.3) is 0 Å². The first kappa shape index (κ1) is 11.7. The summed E-state index contributed by atoms with van der Waals surface area (Å²) in [5, 5.41) is 2.79. The summed E-state index contributed by atoms with van der Waals surface area (Å²) >= 11 is 3.37. The number of ether oxygens (including phenoxy) is 1. The van der Waals surface area contributed by atoms with Gasteiger partial charge >= 0.3 is 0 Å². The van der Waals surface area contributed by atoms with Crippen LogP contribution in [0.2, 0.25) is 0 Å². The lowest BCUT2D eigenvalue weighted by Crippen LogP contribution is -2.12. The molecule has 0 radical (unpaired) electrons. The fraction of sp³-hybridized carbons (Fsp3) is 0.0833. The molecule has 0 saturated heterocycles. The molecule has 0 bridgehead atoms. The Labute approximate surface area is 107 Å². The first-order chi connectivity index (χ1) is 8.20. The summed E-state index contributed by atoms with van der Waals surface area (Å²) in [5.41, 5.74) is 1.18. The standard InChI is InChI=1S/C12H11BrN2O2/c1-17-8-4-5-9(13)11(7-8)15-12(16)10-3-2-6-14-10/h2-7,14H,1H3,(H,15,16). The molecule has 1 aromatic carbocycles. The van der Waals surface area contributed by atoms with Gasteiger partial charge in [-0.3, -0.25) is 4.79 Å². The smallest absolute Gasteiger partial charge is 0.272 e. The molecule has 0 aliphatic heterocycles. The normalized spacial score (nSPS) is 10.0. The highest BCUT2D eigenvalue weighted by molar-refractivity contribution is 9.10. The van der Waals surface area contributed by atoms with Crippen LogP contribution in [0.4, 0.5) is 5.69 Å². The third-order valence-electron chi connectivity index (χ3n) is 2.26. The van der Waals surface area contributed by atoms with E-state index in [-0.39, 0.29) is 5.91 Å². The molecule has 5 heteroatoms. The molecule has 0 unspecified atom stereocenters. The van der Waals surface area contributed by atoms with Gasteiger partial charge < -0.3 is 15.0 Å². The zero-order valence-corrected chi connectivity index (χ0v) is 10.7. The molecule has 2 rings (SSSR count). The Hall–Kier alpha value is -1.75. The minimum atomic E-state index is -0.191.